The Kier molecular flexibility index (Phi) is 3.57. The molecule has 1 heterocycles. The summed E-state index contributed by atoms with van der Waals surface area (Å²) in [7, 11) is 1.86. The van der Waals surface area contributed by atoms with Crippen molar-refractivity contribution in [2.75, 3.05) is 13.7 Å². The third kappa shape index (κ3) is 2.20. The fourth-order valence-corrected chi connectivity index (χ4v) is 2.51. The van der Waals surface area contributed by atoms with Crippen molar-refractivity contribution in [2.45, 2.75) is 25.9 Å². The van der Waals surface area contributed by atoms with E-state index in [9.17, 15) is 4.79 Å². The molecule has 1 aliphatic rings. The summed E-state index contributed by atoms with van der Waals surface area (Å²) in [6.45, 7) is 4.43. The molecule has 0 bridgehead atoms. The summed E-state index contributed by atoms with van der Waals surface area (Å²) in [5.74, 6) is 0.338. The number of carboxylic acids is 1. The number of likely N-dealkylation sites (N-methyl/N-ethyl adjacent to an activating group) is 1. The standard InChI is InChI=1S/C14H19NO3/c1-9-8-18-12-7-5-4-6-11(12)13(9)15(3)10(2)14(16)17/h4-7,9-10,13H,8H2,1-3H3,(H,16,17). The smallest absolute Gasteiger partial charge is 0.320 e. The first-order chi connectivity index (χ1) is 8.52. The Morgan fingerprint density at radius 1 is 1.50 bits per heavy atom. The van der Waals surface area contributed by atoms with Crippen molar-refractivity contribution < 1.29 is 14.6 Å². The largest absolute Gasteiger partial charge is 0.493 e. The number of hydrogen-bond donors (Lipinski definition) is 1. The summed E-state index contributed by atoms with van der Waals surface area (Å²) in [5, 5.41) is 9.14. The predicted molar refractivity (Wildman–Crippen MR) is 68.7 cm³/mol. The number of para-hydroxylation sites is 1. The molecule has 4 heteroatoms. The Bertz CT molecular complexity index is 446. The van der Waals surface area contributed by atoms with Gasteiger partial charge in [-0.25, -0.2) is 0 Å². The highest BCUT2D eigenvalue weighted by molar-refractivity contribution is 5.73. The fourth-order valence-electron chi connectivity index (χ4n) is 2.51. The number of carbonyl (C=O) groups is 1. The Balaban J connectivity index is 2.34. The summed E-state index contributed by atoms with van der Waals surface area (Å²) in [6.07, 6.45) is 0. The Morgan fingerprint density at radius 2 is 2.17 bits per heavy atom. The second kappa shape index (κ2) is 4.98. The molecular weight excluding hydrogens is 230 g/mol. The second-order valence-electron chi connectivity index (χ2n) is 4.95. The van der Waals surface area contributed by atoms with E-state index in [-0.39, 0.29) is 12.0 Å². The Morgan fingerprint density at radius 3 is 2.83 bits per heavy atom. The Labute approximate surface area is 107 Å². The van der Waals surface area contributed by atoms with Gasteiger partial charge in [0, 0.05) is 17.5 Å². The summed E-state index contributed by atoms with van der Waals surface area (Å²) < 4.78 is 5.68. The molecule has 0 aromatic heterocycles. The fraction of sp³-hybridized carbons (Fsp3) is 0.500. The lowest BCUT2D eigenvalue weighted by atomic mass is 9.90. The van der Waals surface area contributed by atoms with Crippen molar-refractivity contribution in [3.63, 3.8) is 0 Å². The van der Waals surface area contributed by atoms with E-state index in [0.717, 1.165) is 11.3 Å². The first kappa shape index (κ1) is 12.9. The van der Waals surface area contributed by atoms with Crippen LogP contribution in [0.15, 0.2) is 24.3 Å². The lowest BCUT2D eigenvalue weighted by Crippen LogP contribution is -2.43. The summed E-state index contributed by atoms with van der Waals surface area (Å²) in [4.78, 5) is 13.0. The zero-order valence-corrected chi connectivity index (χ0v) is 11.0. The molecule has 1 N–H and O–H groups in total. The second-order valence-corrected chi connectivity index (χ2v) is 4.95. The average molecular weight is 249 g/mol. The molecule has 18 heavy (non-hydrogen) atoms. The van der Waals surface area contributed by atoms with Gasteiger partial charge in [0.2, 0.25) is 0 Å². The molecule has 1 aromatic rings. The molecule has 1 aromatic carbocycles. The molecule has 0 radical (unpaired) electrons. The molecule has 3 atom stereocenters. The van der Waals surface area contributed by atoms with E-state index >= 15 is 0 Å². The molecule has 4 nitrogen and oxygen atoms in total. The lowest BCUT2D eigenvalue weighted by molar-refractivity contribution is -0.143. The molecule has 0 fully saturated rings. The van der Waals surface area contributed by atoms with Gasteiger partial charge in [0.1, 0.15) is 11.8 Å². The molecule has 3 unspecified atom stereocenters. The Hall–Kier alpha value is -1.55. The molecular formula is C14H19NO3. The number of aliphatic carboxylic acids is 1. The van der Waals surface area contributed by atoms with E-state index in [1.165, 1.54) is 0 Å². The third-order valence-corrected chi connectivity index (χ3v) is 3.69. The molecule has 98 valence electrons. The quantitative estimate of drug-likeness (QED) is 0.892. The van der Waals surface area contributed by atoms with Gasteiger partial charge >= 0.3 is 5.97 Å². The topological polar surface area (TPSA) is 49.8 Å². The van der Waals surface area contributed by atoms with Crippen LogP contribution in [-0.4, -0.2) is 35.7 Å². The summed E-state index contributed by atoms with van der Waals surface area (Å²) in [6, 6.07) is 7.43. The van der Waals surface area contributed by atoms with Crippen molar-refractivity contribution in [2.24, 2.45) is 5.92 Å². The molecule has 0 amide bonds. The van der Waals surface area contributed by atoms with Crippen LogP contribution < -0.4 is 4.74 Å². The molecule has 0 spiro atoms. The van der Waals surface area contributed by atoms with Crippen LogP contribution in [0.5, 0.6) is 5.75 Å². The van der Waals surface area contributed by atoms with Gasteiger partial charge in [-0.3, -0.25) is 9.69 Å². The van der Waals surface area contributed by atoms with Gasteiger partial charge < -0.3 is 9.84 Å². The highest BCUT2D eigenvalue weighted by atomic mass is 16.5. The van der Waals surface area contributed by atoms with Gasteiger partial charge in [0.05, 0.1) is 6.61 Å². The zero-order valence-electron chi connectivity index (χ0n) is 11.0. The lowest BCUT2D eigenvalue weighted by Gasteiger charge is -2.39. The minimum Gasteiger partial charge on any atom is -0.493 e. The van der Waals surface area contributed by atoms with Crippen molar-refractivity contribution in [3.05, 3.63) is 29.8 Å². The van der Waals surface area contributed by atoms with E-state index in [0.29, 0.717) is 6.61 Å². The number of nitrogens with zero attached hydrogens (tertiary/aromatic N) is 1. The van der Waals surface area contributed by atoms with Crippen molar-refractivity contribution in [3.8, 4) is 5.75 Å². The van der Waals surface area contributed by atoms with Gasteiger partial charge in [-0.15, -0.1) is 0 Å². The number of hydrogen-bond acceptors (Lipinski definition) is 3. The maximum atomic E-state index is 11.1. The van der Waals surface area contributed by atoms with E-state index in [1.54, 1.807) is 6.92 Å². The van der Waals surface area contributed by atoms with E-state index in [1.807, 2.05) is 36.2 Å². The number of rotatable bonds is 3. The SMILES string of the molecule is CC1COc2ccccc2C1N(C)C(C)C(=O)O. The monoisotopic (exact) mass is 249 g/mol. The van der Waals surface area contributed by atoms with Crippen LogP contribution in [0.25, 0.3) is 0 Å². The summed E-state index contributed by atoms with van der Waals surface area (Å²) >= 11 is 0. The molecule has 0 aliphatic carbocycles. The van der Waals surface area contributed by atoms with Gasteiger partial charge in [-0.1, -0.05) is 25.1 Å². The molecule has 1 aliphatic heterocycles. The van der Waals surface area contributed by atoms with Crippen LogP contribution >= 0.6 is 0 Å². The van der Waals surface area contributed by atoms with Gasteiger partial charge in [-0.05, 0) is 20.0 Å². The first-order valence-corrected chi connectivity index (χ1v) is 6.19. The van der Waals surface area contributed by atoms with Crippen LogP contribution in [0.3, 0.4) is 0 Å². The number of fused-ring (bicyclic) bond motifs is 1. The van der Waals surface area contributed by atoms with Crippen molar-refractivity contribution in [1.82, 2.24) is 4.90 Å². The van der Waals surface area contributed by atoms with Crippen LogP contribution in [0.4, 0.5) is 0 Å². The minimum atomic E-state index is -0.798. The highest BCUT2D eigenvalue weighted by Crippen LogP contribution is 2.39. The molecule has 0 saturated heterocycles. The summed E-state index contributed by atoms with van der Waals surface area (Å²) in [5.41, 5.74) is 1.08. The van der Waals surface area contributed by atoms with Gasteiger partial charge in [0.25, 0.3) is 0 Å². The van der Waals surface area contributed by atoms with Crippen LogP contribution in [0, 0.1) is 5.92 Å². The van der Waals surface area contributed by atoms with Crippen LogP contribution in [-0.2, 0) is 4.79 Å². The first-order valence-electron chi connectivity index (χ1n) is 6.19. The van der Waals surface area contributed by atoms with Crippen LogP contribution in [0.1, 0.15) is 25.5 Å². The van der Waals surface area contributed by atoms with E-state index in [2.05, 4.69) is 6.92 Å². The van der Waals surface area contributed by atoms with E-state index in [4.69, 9.17) is 9.84 Å². The third-order valence-electron chi connectivity index (χ3n) is 3.69. The van der Waals surface area contributed by atoms with E-state index < -0.39 is 12.0 Å². The van der Waals surface area contributed by atoms with Crippen molar-refractivity contribution >= 4 is 5.97 Å². The maximum absolute atomic E-state index is 11.1. The highest BCUT2D eigenvalue weighted by Gasteiger charge is 2.34. The van der Waals surface area contributed by atoms with Crippen molar-refractivity contribution in [1.29, 1.82) is 0 Å². The number of ether oxygens (including phenoxy) is 1. The molecule has 2 rings (SSSR count). The number of benzene rings is 1. The minimum absolute atomic E-state index is 0.0843. The van der Waals surface area contributed by atoms with Crippen LogP contribution in [0.2, 0.25) is 0 Å². The van der Waals surface area contributed by atoms with Gasteiger partial charge in [-0.2, -0.15) is 0 Å². The predicted octanol–water partition coefficient (Wildman–Crippen LogP) is 2.16. The van der Waals surface area contributed by atoms with Gasteiger partial charge in [0.15, 0.2) is 0 Å². The number of carboxylic acid groups (broad SMARTS) is 1. The maximum Gasteiger partial charge on any atom is 0.320 e. The normalized spacial score (nSPS) is 24.2. The average Bonchev–Trinajstić information content (AvgIpc) is 2.37. The zero-order chi connectivity index (χ0) is 13.3. The molecule has 0 saturated carbocycles.